The molecule has 0 saturated carbocycles. The first kappa shape index (κ1) is 9.30. The Balaban J connectivity index is 2.46. The van der Waals surface area contributed by atoms with Gasteiger partial charge in [0.05, 0.1) is 6.33 Å². The molecule has 0 aliphatic rings. The van der Waals surface area contributed by atoms with Crippen molar-refractivity contribution in [1.29, 1.82) is 0 Å². The zero-order chi connectivity index (χ0) is 10.7. The highest BCUT2D eigenvalue weighted by atomic mass is 15.1. The molecule has 0 N–H and O–H groups in total. The van der Waals surface area contributed by atoms with Gasteiger partial charge >= 0.3 is 0 Å². The molecule has 1 aromatic carbocycles. The van der Waals surface area contributed by atoms with Crippen LogP contribution in [0.25, 0.3) is 16.1 Å². The van der Waals surface area contributed by atoms with Crippen LogP contribution in [0.15, 0.2) is 42.0 Å². The summed E-state index contributed by atoms with van der Waals surface area (Å²) in [7, 11) is 0. The van der Waals surface area contributed by atoms with E-state index < -0.39 is 0 Å². The molecule has 0 aliphatic heterocycles. The smallest absolute Gasteiger partial charge is 0.0991 e. The number of rotatable bonds is 2. The van der Waals surface area contributed by atoms with Gasteiger partial charge in [0.2, 0.25) is 0 Å². The van der Waals surface area contributed by atoms with Gasteiger partial charge in [-0.2, -0.15) is 0 Å². The Hall–Kier alpha value is -2.26. The predicted octanol–water partition coefficient (Wildman–Crippen LogP) is 3.12. The number of imidazole rings is 1. The van der Waals surface area contributed by atoms with E-state index in [0.717, 1.165) is 11.3 Å². The van der Waals surface area contributed by atoms with Crippen LogP contribution in [0.1, 0.15) is 5.56 Å². The van der Waals surface area contributed by atoms with E-state index in [4.69, 9.17) is 5.53 Å². The SMILES string of the molecule is Cc1cc(-n2ccnc2)ccc1N=[N+]=[N-]. The van der Waals surface area contributed by atoms with Crippen LogP contribution in [0.2, 0.25) is 0 Å². The summed E-state index contributed by atoms with van der Waals surface area (Å²) in [6.45, 7) is 1.91. The fraction of sp³-hybridized carbons (Fsp3) is 0.100. The minimum Gasteiger partial charge on any atom is -0.306 e. The van der Waals surface area contributed by atoms with Crippen molar-refractivity contribution in [3.8, 4) is 5.69 Å². The molecule has 2 rings (SSSR count). The molecule has 0 saturated heterocycles. The Bertz CT molecular complexity index is 509. The lowest BCUT2D eigenvalue weighted by Crippen LogP contribution is -1.89. The van der Waals surface area contributed by atoms with E-state index in [9.17, 15) is 0 Å². The third-order valence-electron chi connectivity index (χ3n) is 2.14. The molecule has 15 heavy (non-hydrogen) atoms. The summed E-state index contributed by atoms with van der Waals surface area (Å²) >= 11 is 0. The summed E-state index contributed by atoms with van der Waals surface area (Å²) in [5.41, 5.74) is 10.9. The molecule has 0 spiro atoms. The highest BCUT2D eigenvalue weighted by molar-refractivity contribution is 5.51. The standard InChI is InChI=1S/C10H9N5/c1-8-6-9(15-5-4-12-7-15)2-3-10(8)13-14-11/h2-7H,1H3. The summed E-state index contributed by atoms with van der Waals surface area (Å²) in [4.78, 5) is 6.73. The molecule has 1 aromatic heterocycles. The highest BCUT2D eigenvalue weighted by Crippen LogP contribution is 2.21. The molecule has 0 amide bonds. The second-order valence-corrected chi connectivity index (χ2v) is 3.13. The fourth-order valence-corrected chi connectivity index (χ4v) is 1.37. The van der Waals surface area contributed by atoms with Crippen molar-refractivity contribution >= 4 is 5.69 Å². The lowest BCUT2D eigenvalue weighted by Gasteiger charge is -2.04. The minimum atomic E-state index is 0.654. The topological polar surface area (TPSA) is 66.6 Å². The first-order chi connectivity index (χ1) is 7.31. The van der Waals surface area contributed by atoms with E-state index in [0.29, 0.717) is 5.69 Å². The van der Waals surface area contributed by atoms with Gasteiger partial charge in [-0.3, -0.25) is 0 Å². The van der Waals surface area contributed by atoms with Gasteiger partial charge < -0.3 is 4.57 Å². The summed E-state index contributed by atoms with van der Waals surface area (Å²) in [6, 6.07) is 5.63. The van der Waals surface area contributed by atoms with E-state index in [1.165, 1.54) is 0 Å². The number of aryl methyl sites for hydroxylation is 1. The van der Waals surface area contributed by atoms with Crippen LogP contribution in [0, 0.1) is 6.92 Å². The molecule has 0 atom stereocenters. The maximum Gasteiger partial charge on any atom is 0.0991 e. The van der Waals surface area contributed by atoms with Crippen molar-refractivity contribution in [2.75, 3.05) is 0 Å². The zero-order valence-electron chi connectivity index (χ0n) is 8.20. The molecule has 1 heterocycles. The summed E-state index contributed by atoms with van der Waals surface area (Å²) in [6.07, 6.45) is 5.31. The van der Waals surface area contributed by atoms with Gasteiger partial charge in [0.25, 0.3) is 0 Å². The van der Waals surface area contributed by atoms with E-state index in [1.807, 2.05) is 29.8 Å². The molecule has 0 radical (unpaired) electrons. The maximum atomic E-state index is 8.34. The van der Waals surface area contributed by atoms with Crippen molar-refractivity contribution in [3.05, 3.63) is 52.9 Å². The van der Waals surface area contributed by atoms with Gasteiger partial charge in [-0.05, 0) is 30.2 Å². The van der Waals surface area contributed by atoms with Crippen molar-refractivity contribution in [3.63, 3.8) is 0 Å². The summed E-state index contributed by atoms with van der Waals surface area (Å²) < 4.78 is 1.90. The van der Waals surface area contributed by atoms with Crippen molar-refractivity contribution in [2.45, 2.75) is 6.92 Å². The number of nitrogens with zero attached hydrogens (tertiary/aromatic N) is 5. The molecule has 0 bridgehead atoms. The number of hydrogen-bond donors (Lipinski definition) is 0. The van der Waals surface area contributed by atoms with Crippen molar-refractivity contribution in [1.82, 2.24) is 9.55 Å². The average Bonchev–Trinajstić information content (AvgIpc) is 2.74. The molecule has 2 aromatic rings. The van der Waals surface area contributed by atoms with Gasteiger partial charge in [-0.1, -0.05) is 11.2 Å². The van der Waals surface area contributed by atoms with Gasteiger partial charge in [0.1, 0.15) is 0 Å². The zero-order valence-corrected chi connectivity index (χ0v) is 8.20. The molecule has 0 fully saturated rings. The number of azide groups is 1. The summed E-state index contributed by atoms with van der Waals surface area (Å²) in [5.74, 6) is 0. The Labute approximate surface area is 86.6 Å². The normalized spacial score (nSPS) is 9.67. The highest BCUT2D eigenvalue weighted by Gasteiger charge is 1.99. The molecule has 0 aliphatic carbocycles. The number of benzene rings is 1. The molecule has 0 unspecified atom stereocenters. The van der Waals surface area contributed by atoms with Gasteiger partial charge in [-0.15, -0.1) is 0 Å². The van der Waals surface area contributed by atoms with Gasteiger partial charge in [-0.25, -0.2) is 4.98 Å². The van der Waals surface area contributed by atoms with Crippen molar-refractivity contribution < 1.29 is 0 Å². The second kappa shape index (κ2) is 3.86. The van der Waals surface area contributed by atoms with E-state index in [2.05, 4.69) is 15.0 Å². The largest absolute Gasteiger partial charge is 0.306 e. The third kappa shape index (κ3) is 1.82. The first-order valence-electron chi connectivity index (χ1n) is 4.45. The van der Waals surface area contributed by atoms with Crippen LogP contribution in [0.5, 0.6) is 0 Å². The van der Waals surface area contributed by atoms with E-state index in [1.54, 1.807) is 18.6 Å². The van der Waals surface area contributed by atoms with Gasteiger partial charge in [0, 0.05) is 28.7 Å². The Morgan fingerprint density at radius 2 is 2.33 bits per heavy atom. The van der Waals surface area contributed by atoms with Crippen LogP contribution in [0.3, 0.4) is 0 Å². The fourth-order valence-electron chi connectivity index (χ4n) is 1.37. The Morgan fingerprint density at radius 1 is 1.47 bits per heavy atom. The van der Waals surface area contributed by atoms with E-state index in [-0.39, 0.29) is 0 Å². The average molecular weight is 199 g/mol. The Kier molecular flexibility index (Phi) is 2.39. The monoisotopic (exact) mass is 199 g/mol. The van der Waals surface area contributed by atoms with Crippen LogP contribution in [0.4, 0.5) is 5.69 Å². The lowest BCUT2D eigenvalue weighted by atomic mass is 10.2. The Morgan fingerprint density at radius 3 is 2.93 bits per heavy atom. The molecule has 5 heteroatoms. The molecule has 5 nitrogen and oxygen atoms in total. The van der Waals surface area contributed by atoms with Crippen molar-refractivity contribution in [2.24, 2.45) is 5.11 Å². The van der Waals surface area contributed by atoms with Crippen LogP contribution in [-0.2, 0) is 0 Å². The van der Waals surface area contributed by atoms with Crippen LogP contribution >= 0.6 is 0 Å². The maximum absolute atomic E-state index is 8.34. The third-order valence-corrected chi connectivity index (χ3v) is 2.14. The quantitative estimate of drug-likeness (QED) is 0.416. The number of aromatic nitrogens is 2. The van der Waals surface area contributed by atoms with Crippen LogP contribution < -0.4 is 0 Å². The molecular weight excluding hydrogens is 190 g/mol. The van der Waals surface area contributed by atoms with Crippen LogP contribution in [-0.4, -0.2) is 9.55 Å². The first-order valence-corrected chi connectivity index (χ1v) is 4.45. The van der Waals surface area contributed by atoms with E-state index >= 15 is 0 Å². The minimum absolute atomic E-state index is 0.654. The molecular formula is C10H9N5. The van der Waals surface area contributed by atoms with Gasteiger partial charge in [0.15, 0.2) is 0 Å². The summed E-state index contributed by atoms with van der Waals surface area (Å²) in [5, 5.41) is 3.58. The molecule has 74 valence electrons. The lowest BCUT2D eigenvalue weighted by molar-refractivity contribution is 1.05. The second-order valence-electron chi connectivity index (χ2n) is 3.13. The predicted molar refractivity (Wildman–Crippen MR) is 57.1 cm³/mol. The number of hydrogen-bond acceptors (Lipinski definition) is 2.